The summed E-state index contributed by atoms with van der Waals surface area (Å²) >= 11 is 1.42. The Bertz CT molecular complexity index is 745. The predicted molar refractivity (Wildman–Crippen MR) is 103 cm³/mol. The third kappa shape index (κ3) is 4.55. The molecule has 1 unspecified atom stereocenters. The molecule has 0 radical (unpaired) electrons. The number of carbonyl (C=O) groups excluding carboxylic acids is 1. The Balaban J connectivity index is 1.48. The summed E-state index contributed by atoms with van der Waals surface area (Å²) < 4.78 is 1.84. The number of rotatable bonds is 9. The lowest BCUT2D eigenvalue weighted by molar-refractivity contribution is -0.120. The van der Waals surface area contributed by atoms with Crippen LogP contribution in [0.25, 0.3) is 0 Å². The van der Waals surface area contributed by atoms with E-state index < -0.39 is 0 Å². The summed E-state index contributed by atoms with van der Waals surface area (Å²) in [5, 5.41) is 15.3. The Morgan fingerprint density at radius 3 is 2.88 bits per heavy atom. The molecule has 1 saturated carbocycles. The van der Waals surface area contributed by atoms with E-state index in [1.54, 1.807) is 0 Å². The molecule has 1 fully saturated rings. The van der Waals surface area contributed by atoms with E-state index in [-0.39, 0.29) is 11.2 Å². The fourth-order valence-corrected chi connectivity index (χ4v) is 3.73. The minimum atomic E-state index is -0.230. The fourth-order valence-electron chi connectivity index (χ4n) is 2.85. The highest BCUT2D eigenvalue weighted by Crippen LogP contribution is 2.37. The van der Waals surface area contributed by atoms with Crippen molar-refractivity contribution in [2.24, 2.45) is 0 Å². The van der Waals surface area contributed by atoms with Crippen molar-refractivity contribution in [3.63, 3.8) is 0 Å². The zero-order chi connectivity index (χ0) is 18.5. The summed E-state index contributed by atoms with van der Waals surface area (Å²) in [6, 6.07) is 8.74. The van der Waals surface area contributed by atoms with Gasteiger partial charge in [0.2, 0.25) is 11.1 Å². The first-order valence-corrected chi connectivity index (χ1v) is 10.0. The lowest BCUT2D eigenvalue weighted by Gasteiger charge is -2.25. The Labute approximate surface area is 158 Å². The zero-order valence-electron chi connectivity index (χ0n) is 15.6. The number of aryl methyl sites for hydroxylation is 1. The number of thioether (sulfide) groups is 1. The number of anilines is 1. The van der Waals surface area contributed by atoms with Gasteiger partial charge in [-0.15, -0.1) is 5.10 Å². The molecule has 1 aromatic carbocycles. The number of benzene rings is 1. The van der Waals surface area contributed by atoms with Gasteiger partial charge in [0, 0.05) is 25.3 Å². The number of amides is 1. The van der Waals surface area contributed by atoms with Gasteiger partial charge in [-0.1, -0.05) is 30.0 Å². The predicted octanol–water partition coefficient (Wildman–Crippen LogP) is 2.44. The van der Waals surface area contributed by atoms with Crippen LogP contribution in [-0.2, 0) is 4.79 Å². The van der Waals surface area contributed by atoms with Gasteiger partial charge >= 0.3 is 0 Å². The second-order valence-corrected chi connectivity index (χ2v) is 7.86. The molecule has 0 bridgehead atoms. The Morgan fingerprint density at radius 1 is 1.42 bits per heavy atom. The van der Waals surface area contributed by atoms with Gasteiger partial charge in [0.05, 0.1) is 11.3 Å². The van der Waals surface area contributed by atoms with Crippen LogP contribution in [0.1, 0.15) is 38.3 Å². The summed E-state index contributed by atoms with van der Waals surface area (Å²) in [6.07, 6.45) is 2.23. The van der Waals surface area contributed by atoms with Gasteiger partial charge < -0.3 is 10.2 Å². The summed E-state index contributed by atoms with van der Waals surface area (Å²) in [6.45, 7) is 8.43. The Morgan fingerprint density at radius 2 is 2.19 bits per heavy atom. The van der Waals surface area contributed by atoms with Crippen molar-refractivity contribution >= 4 is 23.4 Å². The van der Waals surface area contributed by atoms with E-state index in [0.29, 0.717) is 12.6 Å². The summed E-state index contributed by atoms with van der Waals surface area (Å²) in [4.78, 5) is 14.7. The van der Waals surface area contributed by atoms with Gasteiger partial charge in [0.15, 0.2) is 0 Å². The first-order valence-electron chi connectivity index (χ1n) is 9.13. The maximum absolute atomic E-state index is 12.4. The highest BCUT2D eigenvalue weighted by molar-refractivity contribution is 8.00. The summed E-state index contributed by atoms with van der Waals surface area (Å²) in [5.74, 6) is 0.0150. The molecule has 8 heteroatoms. The van der Waals surface area contributed by atoms with E-state index in [2.05, 4.69) is 51.7 Å². The Kier molecular flexibility index (Phi) is 6.13. The lowest BCUT2D eigenvalue weighted by Crippen LogP contribution is -2.38. The van der Waals surface area contributed by atoms with Crippen LogP contribution in [-0.4, -0.2) is 51.0 Å². The molecule has 1 atom stereocenters. The Hall–Kier alpha value is -2.09. The smallest absolute Gasteiger partial charge is 0.233 e. The van der Waals surface area contributed by atoms with E-state index in [9.17, 15) is 4.79 Å². The van der Waals surface area contributed by atoms with Crippen LogP contribution in [0.5, 0.6) is 0 Å². The second kappa shape index (κ2) is 8.53. The number of nitrogens with one attached hydrogen (secondary N) is 1. The number of likely N-dealkylation sites (N-methyl/N-ethyl adjacent to an activating group) is 1. The molecule has 1 aliphatic rings. The van der Waals surface area contributed by atoms with Crippen LogP contribution in [0.3, 0.4) is 0 Å². The topological polar surface area (TPSA) is 75.9 Å². The van der Waals surface area contributed by atoms with Crippen LogP contribution in [0.2, 0.25) is 0 Å². The SMILES string of the molecule is CCN(CCNC(=O)C(C)Sc1nnnn1C1CC1)c1ccccc1C. The average molecular weight is 375 g/mol. The van der Waals surface area contributed by atoms with Crippen LogP contribution in [0, 0.1) is 6.92 Å². The van der Waals surface area contributed by atoms with Gasteiger partial charge in [-0.25, -0.2) is 4.68 Å². The molecule has 3 rings (SSSR count). The van der Waals surface area contributed by atoms with Gasteiger partial charge in [-0.2, -0.15) is 0 Å². The normalized spacial score (nSPS) is 14.9. The number of para-hydroxylation sites is 1. The lowest BCUT2D eigenvalue weighted by atomic mass is 10.2. The number of aromatic nitrogens is 4. The van der Waals surface area contributed by atoms with Crippen LogP contribution < -0.4 is 10.2 Å². The van der Waals surface area contributed by atoms with Gasteiger partial charge in [0.1, 0.15) is 0 Å². The molecule has 140 valence electrons. The highest BCUT2D eigenvalue weighted by atomic mass is 32.2. The molecule has 0 spiro atoms. The van der Waals surface area contributed by atoms with Crippen LogP contribution in [0.15, 0.2) is 29.4 Å². The molecule has 1 N–H and O–H groups in total. The number of nitrogens with zero attached hydrogens (tertiary/aromatic N) is 5. The minimum absolute atomic E-state index is 0.0150. The minimum Gasteiger partial charge on any atom is -0.370 e. The first-order chi connectivity index (χ1) is 12.6. The molecule has 1 aromatic heterocycles. The second-order valence-electron chi connectivity index (χ2n) is 6.55. The monoisotopic (exact) mass is 374 g/mol. The third-order valence-corrected chi connectivity index (χ3v) is 5.57. The largest absolute Gasteiger partial charge is 0.370 e. The van der Waals surface area contributed by atoms with Crippen molar-refractivity contribution in [3.8, 4) is 0 Å². The maximum atomic E-state index is 12.4. The standard InChI is InChI=1S/C18H26N6OS/c1-4-23(16-8-6-5-7-13(16)2)12-11-19-17(25)14(3)26-18-20-21-22-24(18)15-9-10-15/h5-8,14-15H,4,9-12H2,1-3H3,(H,19,25). The van der Waals surface area contributed by atoms with Crippen molar-refractivity contribution in [1.82, 2.24) is 25.5 Å². The molecule has 1 aliphatic carbocycles. The van der Waals surface area contributed by atoms with E-state index in [0.717, 1.165) is 31.1 Å². The molecule has 7 nitrogen and oxygen atoms in total. The van der Waals surface area contributed by atoms with E-state index >= 15 is 0 Å². The molecular weight excluding hydrogens is 348 g/mol. The van der Waals surface area contributed by atoms with Gasteiger partial charge in [-0.05, 0) is 55.7 Å². The number of tetrazole rings is 1. The van der Waals surface area contributed by atoms with Crippen molar-refractivity contribution < 1.29 is 4.79 Å². The van der Waals surface area contributed by atoms with Crippen molar-refractivity contribution in [2.75, 3.05) is 24.5 Å². The van der Waals surface area contributed by atoms with Crippen molar-refractivity contribution in [2.45, 2.75) is 50.1 Å². The van der Waals surface area contributed by atoms with Crippen molar-refractivity contribution in [3.05, 3.63) is 29.8 Å². The molecule has 1 heterocycles. The highest BCUT2D eigenvalue weighted by Gasteiger charge is 2.29. The van der Waals surface area contributed by atoms with Gasteiger partial charge in [0.25, 0.3) is 0 Å². The van der Waals surface area contributed by atoms with Crippen LogP contribution in [0.4, 0.5) is 5.69 Å². The summed E-state index contributed by atoms with van der Waals surface area (Å²) in [5.41, 5.74) is 2.46. The number of hydrogen-bond acceptors (Lipinski definition) is 6. The molecule has 0 saturated heterocycles. The number of hydrogen-bond donors (Lipinski definition) is 1. The maximum Gasteiger partial charge on any atom is 0.233 e. The molecular formula is C18H26N6OS. The van der Waals surface area contributed by atoms with Crippen LogP contribution >= 0.6 is 11.8 Å². The molecule has 26 heavy (non-hydrogen) atoms. The van der Waals surface area contributed by atoms with E-state index in [1.165, 1.54) is 23.0 Å². The molecule has 0 aliphatic heterocycles. The zero-order valence-corrected chi connectivity index (χ0v) is 16.4. The van der Waals surface area contributed by atoms with E-state index in [1.807, 2.05) is 23.7 Å². The molecule has 1 amide bonds. The molecule has 2 aromatic rings. The quantitative estimate of drug-likeness (QED) is 0.680. The average Bonchev–Trinajstić information content (AvgIpc) is 3.38. The van der Waals surface area contributed by atoms with Crippen molar-refractivity contribution in [1.29, 1.82) is 0 Å². The third-order valence-electron chi connectivity index (χ3n) is 4.53. The summed E-state index contributed by atoms with van der Waals surface area (Å²) in [7, 11) is 0. The first kappa shape index (κ1) is 18.7. The van der Waals surface area contributed by atoms with Gasteiger partial charge in [-0.3, -0.25) is 4.79 Å². The number of carbonyl (C=O) groups is 1. The fraction of sp³-hybridized carbons (Fsp3) is 0.556. The van der Waals surface area contributed by atoms with E-state index in [4.69, 9.17) is 0 Å².